The van der Waals surface area contributed by atoms with Gasteiger partial charge in [0.1, 0.15) is 0 Å². The molecule has 0 aliphatic heterocycles. The van der Waals surface area contributed by atoms with Gasteiger partial charge in [0.15, 0.2) is 11.6 Å². The third-order valence-electron chi connectivity index (χ3n) is 4.16. The van der Waals surface area contributed by atoms with Crippen molar-refractivity contribution in [2.75, 3.05) is 0 Å². The van der Waals surface area contributed by atoms with E-state index < -0.39 is 11.6 Å². The molecule has 0 N–H and O–H groups in total. The lowest BCUT2D eigenvalue weighted by atomic mass is 9.99. The molecule has 0 aromatic heterocycles. The molecule has 0 saturated heterocycles. The Labute approximate surface area is 153 Å². The zero-order valence-electron chi connectivity index (χ0n) is 14.6. The second-order valence-electron chi connectivity index (χ2n) is 6.21. The molecule has 1 aromatic rings. The van der Waals surface area contributed by atoms with Gasteiger partial charge in [0.25, 0.3) is 0 Å². The minimum atomic E-state index is -0.920. The van der Waals surface area contributed by atoms with E-state index in [0.29, 0.717) is 27.9 Å². The summed E-state index contributed by atoms with van der Waals surface area (Å²) in [5, 5.41) is 0.478. The van der Waals surface area contributed by atoms with Crippen molar-refractivity contribution in [1.29, 1.82) is 0 Å². The van der Waals surface area contributed by atoms with E-state index >= 15 is 0 Å². The molecule has 0 bridgehead atoms. The fraction of sp³-hybridized carbons (Fsp3) is 0.286. The van der Waals surface area contributed by atoms with Crippen molar-refractivity contribution in [2.24, 2.45) is 10.9 Å². The average Bonchev–Trinajstić information content (AvgIpc) is 3.39. The van der Waals surface area contributed by atoms with Gasteiger partial charge >= 0.3 is 0 Å². The van der Waals surface area contributed by atoms with E-state index in [1.807, 2.05) is 13.0 Å². The van der Waals surface area contributed by atoms with Crippen LogP contribution in [0.4, 0.5) is 14.5 Å². The number of benzene rings is 1. The first-order valence-electron chi connectivity index (χ1n) is 8.24. The molecule has 2 rings (SSSR count). The van der Waals surface area contributed by atoms with Crippen molar-refractivity contribution in [1.82, 2.24) is 0 Å². The Morgan fingerprint density at radius 2 is 1.96 bits per heavy atom. The lowest BCUT2D eigenvalue weighted by Gasteiger charge is -2.11. The minimum Gasteiger partial charge on any atom is -0.252 e. The number of hydrogen-bond donors (Lipinski definition) is 0. The third kappa shape index (κ3) is 5.23. The zero-order chi connectivity index (χ0) is 18.6. The first kappa shape index (κ1) is 19.3. The van der Waals surface area contributed by atoms with Crippen LogP contribution in [-0.2, 0) is 0 Å². The third-order valence-corrected chi connectivity index (χ3v) is 4.42. The highest BCUT2D eigenvalue weighted by molar-refractivity contribution is 6.31. The van der Waals surface area contributed by atoms with Crippen molar-refractivity contribution < 1.29 is 8.78 Å². The fourth-order valence-corrected chi connectivity index (χ4v) is 2.66. The predicted octanol–water partition coefficient (Wildman–Crippen LogP) is 7.13. The van der Waals surface area contributed by atoms with Crippen LogP contribution in [0.15, 0.2) is 59.1 Å². The van der Waals surface area contributed by atoms with Crippen LogP contribution >= 0.6 is 11.6 Å². The molecule has 4 heteroatoms. The second-order valence-corrected chi connectivity index (χ2v) is 6.65. The molecule has 25 heavy (non-hydrogen) atoms. The summed E-state index contributed by atoms with van der Waals surface area (Å²) >= 11 is 6.00. The van der Waals surface area contributed by atoms with E-state index in [9.17, 15) is 8.78 Å². The molecule has 0 spiro atoms. The zero-order valence-corrected chi connectivity index (χ0v) is 15.3. The molecule has 1 nitrogen and oxygen atoms in total. The minimum absolute atomic E-state index is 0.379. The van der Waals surface area contributed by atoms with Crippen LogP contribution in [0.5, 0.6) is 0 Å². The largest absolute Gasteiger partial charge is 0.252 e. The highest BCUT2D eigenvalue weighted by atomic mass is 35.5. The quantitative estimate of drug-likeness (QED) is 0.362. The normalized spacial score (nSPS) is 16.1. The van der Waals surface area contributed by atoms with Crippen molar-refractivity contribution in [3.05, 3.63) is 71.3 Å². The molecular formula is C21H22ClF2N. The summed E-state index contributed by atoms with van der Waals surface area (Å²) in [5.74, 6) is -1.21. The van der Waals surface area contributed by atoms with E-state index in [1.54, 1.807) is 13.0 Å². The summed E-state index contributed by atoms with van der Waals surface area (Å²) in [6.45, 7) is 11.3. The van der Waals surface area contributed by atoms with Gasteiger partial charge in [0.05, 0.1) is 5.69 Å². The summed E-state index contributed by atoms with van der Waals surface area (Å²) in [6.07, 6.45) is 8.21. The van der Waals surface area contributed by atoms with E-state index in [4.69, 9.17) is 11.6 Å². The number of aliphatic imine (C=N–C) groups is 1. The summed E-state index contributed by atoms with van der Waals surface area (Å²) in [6, 6.07) is 2.31. The molecule has 0 amide bonds. The highest BCUT2D eigenvalue weighted by Crippen LogP contribution is 2.40. The van der Waals surface area contributed by atoms with Gasteiger partial charge in [-0.2, -0.15) is 0 Å². The fourth-order valence-electron chi connectivity index (χ4n) is 2.54. The van der Waals surface area contributed by atoms with Gasteiger partial charge in [-0.15, -0.1) is 0 Å². The molecular weight excluding hydrogens is 340 g/mol. The molecule has 1 aliphatic carbocycles. The van der Waals surface area contributed by atoms with Gasteiger partial charge in [-0.1, -0.05) is 36.9 Å². The van der Waals surface area contributed by atoms with E-state index in [0.717, 1.165) is 36.5 Å². The summed E-state index contributed by atoms with van der Waals surface area (Å²) in [4.78, 5) is 4.51. The molecule has 1 saturated carbocycles. The van der Waals surface area contributed by atoms with E-state index in [-0.39, 0.29) is 0 Å². The van der Waals surface area contributed by atoms with Gasteiger partial charge in [-0.25, -0.2) is 8.78 Å². The highest BCUT2D eigenvalue weighted by Gasteiger charge is 2.24. The predicted molar refractivity (Wildman–Crippen MR) is 103 cm³/mol. The number of halogens is 3. The van der Waals surface area contributed by atoms with Gasteiger partial charge in [-0.3, -0.25) is 4.99 Å². The standard InChI is InChI=1S/C21H22ClF2N/c1-5-16(10-17(22)6-2)14(4)25-21-12-20(24)19(23)11-18(21)13(3)9-15-7-8-15/h5-6,10-12,15H,2-3,7-9H2,1,4H3/b16-5+,17-10+,25-14+. The van der Waals surface area contributed by atoms with Crippen molar-refractivity contribution in [3.63, 3.8) is 0 Å². The molecule has 1 fully saturated rings. The Kier molecular flexibility index (Phi) is 6.49. The molecule has 132 valence electrons. The molecule has 0 atom stereocenters. The van der Waals surface area contributed by atoms with Gasteiger partial charge < -0.3 is 0 Å². The first-order chi connectivity index (χ1) is 11.8. The van der Waals surface area contributed by atoms with Crippen LogP contribution < -0.4 is 0 Å². The number of hydrogen-bond acceptors (Lipinski definition) is 1. The lowest BCUT2D eigenvalue weighted by Crippen LogP contribution is -1.97. The van der Waals surface area contributed by atoms with Crippen molar-refractivity contribution in [3.8, 4) is 0 Å². The van der Waals surface area contributed by atoms with Crippen LogP contribution in [0.2, 0.25) is 0 Å². The topological polar surface area (TPSA) is 12.4 Å². The smallest absolute Gasteiger partial charge is 0.161 e. The van der Waals surface area contributed by atoms with Crippen LogP contribution in [0.3, 0.4) is 0 Å². The second kappa shape index (κ2) is 8.39. The maximum absolute atomic E-state index is 13.8. The molecule has 0 heterocycles. The SMILES string of the molecule is C=C\C(Cl)=C/C(=C\C)C(/C)=N/c1cc(F)c(F)cc1C(=C)CC1CC1. The Morgan fingerprint density at radius 1 is 1.32 bits per heavy atom. The first-order valence-corrected chi connectivity index (χ1v) is 8.62. The van der Waals surface area contributed by atoms with Crippen LogP contribution in [-0.4, -0.2) is 5.71 Å². The Hall–Kier alpha value is -2.00. The van der Waals surface area contributed by atoms with Crippen molar-refractivity contribution >= 4 is 28.6 Å². The van der Waals surface area contributed by atoms with Crippen LogP contribution in [0.1, 0.15) is 38.7 Å². The van der Waals surface area contributed by atoms with Crippen LogP contribution in [0.25, 0.3) is 5.57 Å². The van der Waals surface area contributed by atoms with E-state index in [1.165, 1.54) is 12.1 Å². The maximum atomic E-state index is 13.8. The van der Waals surface area contributed by atoms with Crippen LogP contribution in [0, 0.1) is 17.6 Å². The van der Waals surface area contributed by atoms with Gasteiger partial charge in [0, 0.05) is 22.4 Å². The maximum Gasteiger partial charge on any atom is 0.161 e. The average molecular weight is 362 g/mol. The number of rotatable bonds is 7. The Bertz CT molecular complexity index is 783. The Balaban J connectivity index is 2.43. The van der Waals surface area contributed by atoms with E-state index in [2.05, 4.69) is 18.2 Å². The molecule has 0 radical (unpaired) electrons. The summed E-state index contributed by atoms with van der Waals surface area (Å²) in [7, 11) is 0. The van der Waals surface area contributed by atoms with Gasteiger partial charge in [0.2, 0.25) is 0 Å². The molecule has 1 aliphatic rings. The number of allylic oxidation sites excluding steroid dienone is 6. The van der Waals surface area contributed by atoms with Crippen molar-refractivity contribution in [2.45, 2.75) is 33.1 Å². The summed E-state index contributed by atoms with van der Waals surface area (Å²) < 4.78 is 27.5. The number of nitrogens with zero attached hydrogens (tertiary/aromatic N) is 1. The Morgan fingerprint density at radius 3 is 2.52 bits per heavy atom. The summed E-state index contributed by atoms with van der Waals surface area (Å²) in [5.41, 5.74) is 3.15. The molecule has 1 aromatic carbocycles. The monoisotopic (exact) mass is 361 g/mol. The molecule has 0 unspecified atom stereocenters. The lowest BCUT2D eigenvalue weighted by molar-refractivity contribution is 0.508. The van der Waals surface area contributed by atoms with Gasteiger partial charge in [-0.05, 0) is 62.3 Å².